The lowest BCUT2D eigenvalue weighted by molar-refractivity contribution is -0.147. The highest BCUT2D eigenvalue weighted by Gasteiger charge is 2.33. The molecular formula is C27H35N6O4P. The maximum Gasteiger partial charge on any atom is 0.323 e. The predicted molar refractivity (Wildman–Crippen MR) is 149 cm³/mol. The molecule has 3 N–H and O–H groups in total. The third kappa shape index (κ3) is 6.38. The van der Waals surface area contributed by atoms with E-state index in [1.807, 2.05) is 74.7 Å². The molecule has 1 unspecified atom stereocenters. The summed E-state index contributed by atoms with van der Waals surface area (Å²) >= 11 is 0. The van der Waals surface area contributed by atoms with Crippen molar-refractivity contribution >= 4 is 46.3 Å². The number of ether oxygens (including phenoxy) is 2. The van der Waals surface area contributed by atoms with E-state index in [1.54, 1.807) is 13.3 Å². The zero-order valence-corrected chi connectivity index (χ0v) is 23.3. The first-order valence-electron chi connectivity index (χ1n) is 12.5. The van der Waals surface area contributed by atoms with Crippen LogP contribution in [0, 0.1) is 5.41 Å². The van der Waals surface area contributed by atoms with Crippen LogP contribution in [0.15, 0.2) is 55.1 Å². The van der Waals surface area contributed by atoms with Crippen LogP contribution < -0.4 is 16.1 Å². The molecule has 4 rings (SSSR count). The Kier molecular flexibility index (Phi) is 8.16. The smallest absolute Gasteiger partial charge is 0.323 e. The van der Waals surface area contributed by atoms with E-state index in [9.17, 15) is 9.36 Å². The second-order valence-electron chi connectivity index (χ2n) is 10.7. The Bertz CT molecular complexity index is 1480. The van der Waals surface area contributed by atoms with Gasteiger partial charge < -0.3 is 19.8 Å². The Hall–Kier alpha value is -3.33. The van der Waals surface area contributed by atoms with Crippen LogP contribution in [0.2, 0.25) is 0 Å². The van der Waals surface area contributed by atoms with Crippen LogP contribution in [-0.4, -0.2) is 50.6 Å². The van der Waals surface area contributed by atoms with Gasteiger partial charge in [-0.3, -0.25) is 9.36 Å². The van der Waals surface area contributed by atoms with Crippen LogP contribution in [0.4, 0.5) is 5.82 Å². The van der Waals surface area contributed by atoms with E-state index in [0.29, 0.717) is 28.8 Å². The third-order valence-electron chi connectivity index (χ3n) is 5.98. The molecule has 202 valence electrons. The van der Waals surface area contributed by atoms with E-state index in [2.05, 4.69) is 20.0 Å². The van der Waals surface area contributed by atoms with Gasteiger partial charge >= 0.3 is 5.97 Å². The number of nitrogens with zero attached hydrogens (tertiary/aromatic N) is 4. The van der Waals surface area contributed by atoms with Crippen molar-refractivity contribution in [1.29, 1.82) is 0 Å². The maximum absolute atomic E-state index is 14.6. The number of esters is 1. The van der Waals surface area contributed by atoms with E-state index in [0.717, 1.165) is 10.8 Å². The second-order valence-corrected chi connectivity index (χ2v) is 13.2. The summed E-state index contributed by atoms with van der Waals surface area (Å²) in [6.45, 7) is 10.2. The molecule has 38 heavy (non-hydrogen) atoms. The minimum absolute atomic E-state index is 0.122. The molecule has 3 atom stereocenters. The number of rotatable bonds is 10. The molecule has 0 aliphatic rings. The number of fused-ring (bicyclic) bond motifs is 2. The molecule has 0 amide bonds. The number of nitrogen functional groups attached to an aromatic ring is 1. The number of hydrogen-bond donors (Lipinski definition) is 2. The van der Waals surface area contributed by atoms with E-state index in [-0.39, 0.29) is 24.5 Å². The van der Waals surface area contributed by atoms with Gasteiger partial charge in [-0.15, -0.1) is 0 Å². The molecule has 0 bridgehead atoms. The number of anilines is 1. The van der Waals surface area contributed by atoms with Gasteiger partial charge in [-0.25, -0.2) is 20.0 Å². The fourth-order valence-electron chi connectivity index (χ4n) is 4.07. The summed E-state index contributed by atoms with van der Waals surface area (Å²) in [4.78, 5) is 25.3. The van der Waals surface area contributed by atoms with Crippen LogP contribution in [0.25, 0.3) is 21.9 Å². The average molecular weight is 539 g/mol. The molecule has 0 saturated carbocycles. The molecule has 4 aromatic rings. The number of aromatic nitrogens is 4. The van der Waals surface area contributed by atoms with Crippen LogP contribution in [0.1, 0.15) is 34.6 Å². The van der Waals surface area contributed by atoms with Gasteiger partial charge in [0.1, 0.15) is 24.2 Å². The molecule has 2 heterocycles. The number of carbonyl (C=O) groups is 1. The van der Waals surface area contributed by atoms with E-state index >= 15 is 0 Å². The summed E-state index contributed by atoms with van der Waals surface area (Å²) in [5.41, 5.74) is 6.84. The summed E-state index contributed by atoms with van der Waals surface area (Å²) in [5.74, 6) is -0.157. The van der Waals surface area contributed by atoms with Gasteiger partial charge in [-0.2, -0.15) is 0 Å². The highest BCUT2D eigenvalue weighted by atomic mass is 31.2. The third-order valence-corrected chi connectivity index (χ3v) is 8.47. The van der Waals surface area contributed by atoms with Crippen molar-refractivity contribution in [2.45, 2.75) is 53.3 Å². The molecule has 0 radical (unpaired) electrons. The van der Waals surface area contributed by atoms with Crippen molar-refractivity contribution in [2.75, 3.05) is 18.7 Å². The fraction of sp³-hybridized carbons (Fsp3) is 0.407. The number of carbonyl (C=O) groups excluding carboxylic acids is 1. The SMILES string of the molecule is C[C@H](Cn1cnc2c(N)ncnc21)OCP(=O)(N[C@@H](C)C(=O)OCC(C)(C)C)c1cccc2ccccc12. The molecule has 2 aromatic heterocycles. The predicted octanol–water partition coefficient (Wildman–Crippen LogP) is 4.10. The molecule has 0 aliphatic heterocycles. The van der Waals surface area contributed by atoms with E-state index in [1.165, 1.54) is 6.33 Å². The van der Waals surface area contributed by atoms with Crippen molar-refractivity contribution < 1.29 is 18.8 Å². The number of benzene rings is 2. The lowest BCUT2D eigenvalue weighted by atomic mass is 9.99. The van der Waals surface area contributed by atoms with Crippen molar-refractivity contribution in [3.05, 3.63) is 55.1 Å². The Morgan fingerprint density at radius 1 is 1.11 bits per heavy atom. The maximum atomic E-state index is 14.6. The van der Waals surface area contributed by atoms with Crippen molar-refractivity contribution in [1.82, 2.24) is 24.6 Å². The largest absolute Gasteiger partial charge is 0.464 e. The van der Waals surface area contributed by atoms with Gasteiger partial charge in [0.2, 0.25) is 7.29 Å². The Morgan fingerprint density at radius 2 is 1.84 bits per heavy atom. The van der Waals surface area contributed by atoms with Crippen molar-refractivity contribution in [2.24, 2.45) is 5.41 Å². The molecule has 0 spiro atoms. The van der Waals surface area contributed by atoms with E-state index in [4.69, 9.17) is 15.2 Å². The highest BCUT2D eigenvalue weighted by Crippen LogP contribution is 2.43. The van der Waals surface area contributed by atoms with Gasteiger partial charge in [0, 0.05) is 5.30 Å². The minimum Gasteiger partial charge on any atom is -0.464 e. The topological polar surface area (TPSA) is 134 Å². The Balaban J connectivity index is 1.57. The summed E-state index contributed by atoms with van der Waals surface area (Å²) in [5, 5.41) is 5.48. The number of hydrogen-bond acceptors (Lipinski definition) is 8. The molecule has 0 fully saturated rings. The number of imidazole rings is 1. The van der Waals surface area contributed by atoms with E-state index < -0.39 is 19.3 Å². The van der Waals surface area contributed by atoms with Gasteiger partial charge in [0.05, 0.1) is 25.6 Å². The summed E-state index contributed by atoms with van der Waals surface area (Å²) < 4.78 is 28.1. The zero-order valence-electron chi connectivity index (χ0n) is 22.4. The lowest BCUT2D eigenvalue weighted by Crippen LogP contribution is -2.38. The minimum atomic E-state index is -3.43. The van der Waals surface area contributed by atoms with Crippen LogP contribution in [-0.2, 0) is 25.4 Å². The Labute approximate surface area is 222 Å². The molecular weight excluding hydrogens is 503 g/mol. The molecule has 0 aliphatic carbocycles. The van der Waals surface area contributed by atoms with Gasteiger partial charge in [-0.1, -0.05) is 57.2 Å². The molecule has 11 heteroatoms. The van der Waals surface area contributed by atoms with Crippen LogP contribution in [0.3, 0.4) is 0 Å². The molecule has 10 nitrogen and oxygen atoms in total. The highest BCUT2D eigenvalue weighted by molar-refractivity contribution is 7.70. The number of nitrogens with two attached hydrogens (primary N) is 1. The van der Waals surface area contributed by atoms with Crippen LogP contribution in [0.5, 0.6) is 0 Å². The number of nitrogens with one attached hydrogen (secondary N) is 1. The Morgan fingerprint density at radius 3 is 2.61 bits per heavy atom. The lowest BCUT2D eigenvalue weighted by Gasteiger charge is -2.27. The normalized spacial score (nSPS) is 15.3. The first-order valence-corrected chi connectivity index (χ1v) is 14.4. The van der Waals surface area contributed by atoms with Crippen molar-refractivity contribution in [3.63, 3.8) is 0 Å². The summed E-state index contributed by atoms with van der Waals surface area (Å²) in [6, 6.07) is 12.6. The van der Waals surface area contributed by atoms with Crippen LogP contribution >= 0.6 is 7.29 Å². The fourth-order valence-corrected chi connectivity index (χ4v) is 6.54. The molecule has 2 aromatic carbocycles. The first kappa shape index (κ1) is 27.7. The van der Waals surface area contributed by atoms with Gasteiger partial charge in [0.25, 0.3) is 0 Å². The average Bonchev–Trinajstić information content (AvgIpc) is 3.29. The quantitative estimate of drug-likeness (QED) is 0.226. The van der Waals surface area contributed by atoms with Gasteiger partial charge in [-0.05, 0) is 36.1 Å². The van der Waals surface area contributed by atoms with Gasteiger partial charge in [0.15, 0.2) is 11.5 Å². The summed E-state index contributed by atoms with van der Waals surface area (Å²) in [7, 11) is -3.43. The standard InChI is InChI=1S/C27H35N6O4P/c1-18(13-33-16-31-23-24(28)29-15-30-25(23)33)37-17-38(35,32-19(2)26(34)36-14-27(3,4)5)22-12-8-10-20-9-6-7-11-21(20)22/h6-12,15-16,18-19H,13-14,17H2,1-5H3,(H,32,35)(H2,28,29,30)/t18-,19+,38?/m1/s1. The first-order chi connectivity index (χ1) is 18.0. The molecule has 0 saturated heterocycles. The second kappa shape index (κ2) is 11.2. The zero-order chi connectivity index (χ0) is 27.5. The summed E-state index contributed by atoms with van der Waals surface area (Å²) in [6.07, 6.45) is 2.55. The van der Waals surface area contributed by atoms with Crippen molar-refractivity contribution in [3.8, 4) is 0 Å². The monoisotopic (exact) mass is 538 g/mol.